The molecule has 2 aromatic rings. The van der Waals surface area contributed by atoms with Gasteiger partial charge in [-0.2, -0.15) is 0 Å². The first-order valence-corrected chi connectivity index (χ1v) is 7.14. The molecule has 1 atom stereocenters. The first-order chi connectivity index (χ1) is 9.95. The van der Waals surface area contributed by atoms with Crippen LogP contribution in [-0.2, 0) is 4.79 Å². The third kappa shape index (κ3) is 4.23. The number of hydrogen-bond donors (Lipinski definition) is 1. The standard InChI is InChI=1S/C17H18ClNO2/c1-11-4-7-14(8-5-11)19-17(20)13(3)21-16-10-12(2)6-9-15(16)18/h4-10,13H,1-3H3,(H,19,20). The third-order valence-electron chi connectivity index (χ3n) is 3.08. The van der Waals surface area contributed by atoms with Crippen molar-refractivity contribution in [1.82, 2.24) is 0 Å². The van der Waals surface area contributed by atoms with Crippen LogP contribution in [0, 0.1) is 13.8 Å². The molecule has 0 saturated heterocycles. The first kappa shape index (κ1) is 15.4. The monoisotopic (exact) mass is 303 g/mol. The van der Waals surface area contributed by atoms with Crippen LogP contribution in [0.5, 0.6) is 5.75 Å². The number of carbonyl (C=O) groups is 1. The molecule has 110 valence electrons. The van der Waals surface area contributed by atoms with Crippen molar-refractivity contribution in [2.45, 2.75) is 26.9 Å². The Morgan fingerprint density at radius 2 is 1.71 bits per heavy atom. The zero-order valence-corrected chi connectivity index (χ0v) is 13.1. The summed E-state index contributed by atoms with van der Waals surface area (Å²) in [6, 6.07) is 13.1. The lowest BCUT2D eigenvalue weighted by Crippen LogP contribution is -2.30. The average Bonchev–Trinajstić information content (AvgIpc) is 2.45. The molecule has 3 nitrogen and oxygen atoms in total. The molecule has 0 heterocycles. The Morgan fingerprint density at radius 3 is 2.38 bits per heavy atom. The number of anilines is 1. The molecule has 21 heavy (non-hydrogen) atoms. The predicted octanol–water partition coefficient (Wildman–Crippen LogP) is 4.36. The van der Waals surface area contributed by atoms with Gasteiger partial charge in [0.15, 0.2) is 6.10 Å². The molecule has 0 saturated carbocycles. The topological polar surface area (TPSA) is 38.3 Å². The summed E-state index contributed by atoms with van der Waals surface area (Å²) in [6.07, 6.45) is -0.634. The van der Waals surface area contributed by atoms with Gasteiger partial charge in [-0.1, -0.05) is 35.4 Å². The number of halogens is 1. The van der Waals surface area contributed by atoms with E-state index in [1.165, 1.54) is 0 Å². The normalized spacial score (nSPS) is 11.8. The number of rotatable bonds is 4. The van der Waals surface area contributed by atoms with E-state index in [9.17, 15) is 4.79 Å². The molecule has 0 bridgehead atoms. The molecule has 2 aromatic carbocycles. The average molecular weight is 304 g/mol. The molecule has 1 N–H and O–H groups in total. The highest BCUT2D eigenvalue weighted by Gasteiger charge is 2.16. The van der Waals surface area contributed by atoms with Crippen LogP contribution in [0.15, 0.2) is 42.5 Å². The van der Waals surface area contributed by atoms with Gasteiger partial charge in [-0.3, -0.25) is 4.79 Å². The van der Waals surface area contributed by atoms with Crippen molar-refractivity contribution in [3.05, 3.63) is 58.6 Å². The van der Waals surface area contributed by atoms with Gasteiger partial charge in [0.05, 0.1) is 5.02 Å². The lowest BCUT2D eigenvalue weighted by Gasteiger charge is -2.16. The summed E-state index contributed by atoms with van der Waals surface area (Å²) in [5, 5.41) is 3.31. The smallest absolute Gasteiger partial charge is 0.265 e. The molecule has 0 aliphatic heterocycles. The summed E-state index contributed by atoms with van der Waals surface area (Å²) in [7, 11) is 0. The van der Waals surface area contributed by atoms with E-state index in [1.807, 2.05) is 50.2 Å². The number of amides is 1. The highest BCUT2D eigenvalue weighted by atomic mass is 35.5. The lowest BCUT2D eigenvalue weighted by molar-refractivity contribution is -0.122. The van der Waals surface area contributed by atoms with Crippen LogP contribution < -0.4 is 10.1 Å². The van der Waals surface area contributed by atoms with Crippen LogP contribution in [-0.4, -0.2) is 12.0 Å². The van der Waals surface area contributed by atoms with Gasteiger partial charge in [0, 0.05) is 5.69 Å². The SMILES string of the molecule is Cc1ccc(NC(=O)C(C)Oc2cc(C)ccc2Cl)cc1. The van der Waals surface area contributed by atoms with Crippen molar-refractivity contribution >= 4 is 23.2 Å². The van der Waals surface area contributed by atoms with Crippen molar-refractivity contribution in [3.8, 4) is 5.75 Å². The molecule has 0 fully saturated rings. The molecule has 4 heteroatoms. The second-order valence-electron chi connectivity index (χ2n) is 5.05. The van der Waals surface area contributed by atoms with Gasteiger partial charge >= 0.3 is 0 Å². The number of nitrogens with one attached hydrogen (secondary N) is 1. The van der Waals surface area contributed by atoms with Gasteiger partial charge < -0.3 is 10.1 Å². The summed E-state index contributed by atoms with van der Waals surface area (Å²) < 4.78 is 5.64. The third-order valence-corrected chi connectivity index (χ3v) is 3.39. The van der Waals surface area contributed by atoms with Gasteiger partial charge in [0.1, 0.15) is 5.75 Å². The Balaban J connectivity index is 2.02. The second-order valence-corrected chi connectivity index (χ2v) is 5.46. The summed E-state index contributed by atoms with van der Waals surface area (Å²) in [6.45, 7) is 5.64. The summed E-state index contributed by atoms with van der Waals surface area (Å²) in [5.74, 6) is 0.305. The number of benzene rings is 2. The Hall–Kier alpha value is -2.00. The maximum Gasteiger partial charge on any atom is 0.265 e. The van der Waals surface area contributed by atoms with E-state index in [0.717, 1.165) is 16.8 Å². The van der Waals surface area contributed by atoms with Gasteiger partial charge in [0.2, 0.25) is 0 Å². The number of aryl methyl sites for hydroxylation is 2. The summed E-state index contributed by atoms with van der Waals surface area (Å²) in [5.41, 5.74) is 2.92. The van der Waals surface area contributed by atoms with Crippen molar-refractivity contribution in [3.63, 3.8) is 0 Å². The fourth-order valence-electron chi connectivity index (χ4n) is 1.83. The zero-order chi connectivity index (χ0) is 15.4. The molecule has 1 amide bonds. The highest BCUT2D eigenvalue weighted by molar-refractivity contribution is 6.32. The van der Waals surface area contributed by atoms with Gasteiger partial charge in [-0.25, -0.2) is 0 Å². The van der Waals surface area contributed by atoms with Gasteiger partial charge in [-0.15, -0.1) is 0 Å². The van der Waals surface area contributed by atoms with E-state index in [2.05, 4.69) is 5.32 Å². The van der Waals surface area contributed by atoms with Crippen LogP contribution in [0.4, 0.5) is 5.69 Å². The number of hydrogen-bond acceptors (Lipinski definition) is 2. The molecule has 0 aromatic heterocycles. The fraction of sp³-hybridized carbons (Fsp3) is 0.235. The van der Waals surface area contributed by atoms with Crippen LogP contribution in [0.2, 0.25) is 5.02 Å². The minimum atomic E-state index is -0.634. The van der Waals surface area contributed by atoms with Gasteiger partial charge in [-0.05, 0) is 50.6 Å². The summed E-state index contributed by atoms with van der Waals surface area (Å²) >= 11 is 6.07. The maximum atomic E-state index is 12.1. The minimum absolute atomic E-state index is 0.212. The Kier molecular flexibility index (Phi) is 4.86. The Labute approximate surface area is 129 Å². The fourth-order valence-corrected chi connectivity index (χ4v) is 1.99. The first-order valence-electron chi connectivity index (χ1n) is 6.76. The van der Waals surface area contributed by atoms with E-state index in [1.54, 1.807) is 13.0 Å². The molecule has 0 aliphatic carbocycles. The minimum Gasteiger partial charge on any atom is -0.479 e. The van der Waals surface area contributed by atoms with Gasteiger partial charge in [0.25, 0.3) is 5.91 Å². The van der Waals surface area contributed by atoms with Crippen molar-refractivity contribution in [1.29, 1.82) is 0 Å². The molecule has 0 radical (unpaired) electrons. The second kappa shape index (κ2) is 6.64. The Bertz CT molecular complexity index is 638. The lowest BCUT2D eigenvalue weighted by atomic mass is 10.2. The van der Waals surface area contributed by atoms with Crippen molar-refractivity contribution in [2.24, 2.45) is 0 Å². The highest BCUT2D eigenvalue weighted by Crippen LogP contribution is 2.26. The van der Waals surface area contributed by atoms with Crippen LogP contribution in [0.1, 0.15) is 18.1 Å². The largest absolute Gasteiger partial charge is 0.479 e. The molecule has 2 rings (SSSR count). The Morgan fingerprint density at radius 1 is 1.10 bits per heavy atom. The van der Waals surface area contributed by atoms with Crippen LogP contribution in [0.25, 0.3) is 0 Å². The van der Waals surface area contributed by atoms with Crippen LogP contribution >= 0.6 is 11.6 Å². The molecule has 0 aliphatic rings. The molecular formula is C17H18ClNO2. The van der Waals surface area contributed by atoms with E-state index in [-0.39, 0.29) is 5.91 Å². The number of carbonyl (C=O) groups excluding carboxylic acids is 1. The van der Waals surface area contributed by atoms with E-state index in [0.29, 0.717) is 10.8 Å². The van der Waals surface area contributed by atoms with Crippen LogP contribution in [0.3, 0.4) is 0 Å². The molecule has 0 spiro atoms. The molecular weight excluding hydrogens is 286 g/mol. The zero-order valence-electron chi connectivity index (χ0n) is 12.3. The quantitative estimate of drug-likeness (QED) is 0.911. The van der Waals surface area contributed by atoms with Crippen molar-refractivity contribution < 1.29 is 9.53 Å². The van der Waals surface area contributed by atoms with E-state index >= 15 is 0 Å². The van der Waals surface area contributed by atoms with E-state index < -0.39 is 6.10 Å². The predicted molar refractivity (Wildman–Crippen MR) is 86.1 cm³/mol. The molecule has 1 unspecified atom stereocenters. The van der Waals surface area contributed by atoms with Crippen molar-refractivity contribution in [2.75, 3.05) is 5.32 Å². The van der Waals surface area contributed by atoms with E-state index in [4.69, 9.17) is 16.3 Å². The maximum absolute atomic E-state index is 12.1. The number of ether oxygens (including phenoxy) is 1. The summed E-state index contributed by atoms with van der Waals surface area (Å²) in [4.78, 5) is 12.1.